The summed E-state index contributed by atoms with van der Waals surface area (Å²) >= 11 is 0. The van der Waals surface area contributed by atoms with Crippen molar-refractivity contribution in [2.24, 2.45) is 10.9 Å². The van der Waals surface area contributed by atoms with Gasteiger partial charge in [-0.3, -0.25) is 15.8 Å². The molecule has 0 spiro atoms. The zero-order chi connectivity index (χ0) is 46.0. The smallest absolute Gasteiger partial charge is 0.164 e. The first-order valence-corrected chi connectivity index (χ1v) is 23.1. The summed E-state index contributed by atoms with van der Waals surface area (Å²) in [5, 5.41) is 13.3. The Balaban J connectivity index is 1.03. The summed E-state index contributed by atoms with van der Waals surface area (Å²) in [6.07, 6.45) is 23.4. The number of hydrogen-bond acceptors (Lipinski definition) is 5. The molecule has 328 valence electrons. The first-order valence-electron chi connectivity index (χ1n) is 23.1. The van der Waals surface area contributed by atoms with Gasteiger partial charge in [0.05, 0.1) is 16.7 Å². The number of aromatic nitrogens is 4. The number of para-hydroxylation sites is 1. The van der Waals surface area contributed by atoms with Crippen LogP contribution in [-0.4, -0.2) is 31.2 Å². The van der Waals surface area contributed by atoms with Crippen molar-refractivity contribution in [1.82, 2.24) is 24.9 Å². The normalized spacial score (nSPS) is 16.7. The summed E-state index contributed by atoms with van der Waals surface area (Å²) in [6.45, 7) is 6.86. The monoisotopic (exact) mass is 880 g/mol. The Morgan fingerprint density at radius 1 is 0.691 bits per heavy atom. The second-order valence-corrected chi connectivity index (χ2v) is 17.3. The summed E-state index contributed by atoms with van der Waals surface area (Å²) in [5.74, 6) is 3.08. The molecule has 68 heavy (non-hydrogen) atoms. The highest BCUT2D eigenvalue weighted by molar-refractivity contribution is 6.17. The quantitative estimate of drug-likeness (QED) is 0.117. The average Bonchev–Trinajstić information content (AvgIpc) is 3.73. The van der Waals surface area contributed by atoms with E-state index in [4.69, 9.17) is 25.4 Å². The molecule has 0 saturated heterocycles. The number of rotatable bonds is 8. The van der Waals surface area contributed by atoms with E-state index in [9.17, 15) is 0 Å². The van der Waals surface area contributed by atoms with Crippen molar-refractivity contribution in [2.45, 2.75) is 26.2 Å². The molecule has 2 N–H and O–H groups in total. The standard InChI is InChI=1S/C60H48N8/c1-40-31-33-45(34-32-40)60(62-56(61)43-21-8-4-9-22-43)66-67-37-15-14-18-41(2)54-52(67)35-36-53-55(54)50-29-12-13-30-51(50)68(53)49-28-17-27-48(39-49)59-64-57(44-23-10-5-11-24-44)63-58(65-59)47-26-16-25-46(38-47)42-19-6-3-7-20-42/h3-8,10-21,23-31,33-40H,2,9,22,32H2,1H3,(H2,61,62,66)/b18-14-,37-15-. The van der Waals surface area contributed by atoms with Crippen molar-refractivity contribution in [3.8, 4) is 51.0 Å². The average molecular weight is 881 g/mol. The molecule has 8 nitrogen and oxygen atoms in total. The molecule has 1 unspecified atom stereocenters. The maximum absolute atomic E-state index is 9.08. The Kier molecular flexibility index (Phi) is 11.3. The lowest BCUT2D eigenvalue weighted by molar-refractivity contribution is 0.733. The van der Waals surface area contributed by atoms with Gasteiger partial charge < -0.3 is 4.57 Å². The fraction of sp³-hybridized carbons (Fsp3) is 0.0833. The lowest BCUT2D eigenvalue weighted by Crippen LogP contribution is -2.40. The van der Waals surface area contributed by atoms with Crippen LogP contribution in [0.5, 0.6) is 0 Å². The van der Waals surface area contributed by atoms with E-state index in [0.29, 0.717) is 29.2 Å². The van der Waals surface area contributed by atoms with E-state index in [-0.39, 0.29) is 5.84 Å². The molecule has 0 saturated carbocycles. The van der Waals surface area contributed by atoms with Gasteiger partial charge in [-0.2, -0.15) is 0 Å². The molecule has 1 aliphatic heterocycles. The van der Waals surface area contributed by atoms with Crippen molar-refractivity contribution >= 4 is 44.7 Å². The number of benzene rings is 6. The van der Waals surface area contributed by atoms with Crippen LogP contribution in [0, 0.1) is 11.3 Å². The maximum Gasteiger partial charge on any atom is 0.164 e. The third-order valence-corrected chi connectivity index (χ3v) is 12.7. The Labute approximate surface area is 396 Å². The number of amidine groups is 2. The second kappa shape index (κ2) is 18.3. The number of nitrogens with zero attached hydrogens (tertiary/aromatic N) is 6. The molecular weight excluding hydrogens is 833 g/mol. The molecule has 0 radical (unpaired) electrons. The molecule has 8 heteroatoms. The molecule has 3 heterocycles. The molecular formula is C60H48N8. The minimum Gasteiger partial charge on any atom is -0.309 e. The first kappa shape index (κ1) is 41.9. The van der Waals surface area contributed by atoms with Crippen LogP contribution in [0.4, 0.5) is 5.69 Å². The van der Waals surface area contributed by atoms with E-state index in [1.165, 1.54) is 0 Å². The van der Waals surface area contributed by atoms with Crippen LogP contribution < -0.4 is 10.4 Å². The number of anilines is 1. The van der Waals surface area contributed by atoms with Gasteiger partial charge in [0.15, 0.2) is 23.3 Å². The number of nitrogens with one attached hydrogen (secondary N) is 2. The zero-order valence-corrected chi connectivity index (χ0v) is 37.7. The highest BCUT2D eigenvalue weighted by Crippen LogP contribution is 2.42. The van der Waals surface area contributed by atoms with E-state index in [1.54, 1.807) is 0 Å². The number of fused-ring (bicyclic) bond motifs is 5. The van der Waals surface area contributed by atoms with Crippen LogP contribution in [0.3, 0.4) is 0 Å². The van der Waals surface area contributed by atoms with Gasteiger partial charge in [-0.05, 0) is 89.9 Å². The molecule has 2 aliphatic carbocycles. The first-order chi connectivity index (χ1) is 33.4. The highest BCUT2D eigenvalue weighted by atomic mass is 15.5. The lowest BCUT2D eigenvalue weighted by Gasteiger charge is -2.28. The summed E-state index contributed by atoms with van der Waals surface area (Å²) in [6, 6.07) is 50.2. The Morgan fingerprint density at radius 3 is 2.13 bits per heavy atom. The van der Waals surface area contributed by atoms with Gasteiger partial charge in [-0.1, -0.05) is 171 Å². The number of hydrazine groups is 1. The SMILES string of the molecule is C=C1/C=C\C=C/N(NC(=NC(=N)C2=CC=CCC2)C2=CCC(C)C=C2)c2ccc3c(c21)c1ccccc1n3-c1cccc(-c2nc(-c3ccccc3)nc(-c3cccc(-c4ccccc4)c3)n2)c1. The molecule has 3 aliphatic rings. The van der Waals surface area contributed by atoms with Crippen LogP contribution in [-0.2, 0) is 0 Å². The van der Waals surface area contributed by atoms with Gasteiger partial charge >= 0.3 is 0 Å². The topological polar surface area (TPSA) is 95.1 Å². The van der Waals surface area contributed by atoms with Gasteiger partial charge in [0.2, 0.25) is 0 Å². The molecule has 11 rings (SSSR count). The van der Waals surface area contributed by atoms with Gasteiger partial charge in [-0.15, -0.1) is 0 Å². The van der Waals surface area contributed by atoms with E-state index in [2.05, 4.69) is 163 Å². The van der Waals surface area contributed by atoms with Gasteiger partial charge in [-0.25, -0.2) is 19.9 Å². The summed E-state index contributed by atoms with van der Waals surface area (Å²) < 4.78 is 2.32. The van der Waals surface area contributed by atoms with Crippen molar-refractivity contribution in [1.29, 1.82) is 5.41 Å². The largest absolute Gasteiger partial charge is 0.309 e. The van der Waals surface area contributed by atoms with Crippen LogP contribution >= 0.6 is 0 Å². The minimum absolute atomic E-state index is 0.257. The summed E-state index contributed by atoms with van der Waals surface area (Å²) in [5.41, 5.74) is 16.3. The summed E-state index contributed by atoms with van der Waals surface area (Å²) in [4.78, 5) is 20.3. The van der Waals surface area contributed by atoms with E-state index in [0.717, 1.165) is 103 Å². The van der Waals surface area contributed by atoms with Crippen molar-refractivity contribution in [3.63, 3.8) is 0 Å². The highest BCUT2D eigenvalue weighted by Gasteiger charge is 2.24. The Bertz CT molecular complexity index is 3510. The maximum atomic E-state index is 9.08. The van der Waals surface area contributed by atoms with Crippen LogP contribution in [0.25, 0.3) is 78.4 Å². The molecule has 6 aromatic carbocycles. The van der Waals surface area contributed by atoms with Crippen LogP contribution in [0.15, 0.2) is 229 Å². The van der Waals surface area contributed by atoms with Gasteiger partial charge in [0, 0.05) is 50.5 Å². The van der Waals surface area contributed by atoms with Crippen LogP contribution in [0.1, 0.15) is 31.7 Å². The molecule has 0 fully saturated rings. The lowest BCUT2D eigenvalue weighted by atomic mass is 9.96. The predicted molar refractivity (Wildman–Crippen MR) is 281 cm³/mol. The second-order valence-electron chi connectivity index (χ2n) is 17.3. The van der Waals surface area contributed by atoms with Gasteiger partial charge in [0.1, 0.15) is 5.84 Å². The van der Waals surface area contributed by atoms with E-state index in [1.807, 2.05) is 71.9 Å². The van der Waals surface area contributed by atoms with E-state index >= 15 is 0 Å². The van der Waals surface area contributed by atoms with Crippen molar-refractivity contribution in [3.05, 3.63) is 230 Å². The molecule has 2 aromatic heterocycles. The molecule has 0 amide bonds. The van der Waals surface area contributed by atoms with Crippen molar-refractivity contribution in [2.75, 3.05) is 5.01 Å². The molecule has 8 aromatic rings. The zero-order valence-electron chi connectivity index (χ0n) is 37.7. The van der Waals surface area contributed by atoms with Crippen molar-refractivity contribution < 1.29 is 0 Å². The Morgan fingerprint density at radius 2 is 1.38 bits per heavy atom. The van der Waals surface area contributed by atoms with Crippen LogP contribution in [0.2, 0.25) is 0 Å². The number of hydrogen-bond donors (Lipinski definition) is 2. The molecule has 0 bridgehead atoms. The fourth-order valence-corrected chi connectivity index (χ4v) is 9.18. The summed E-state index contributed by atoms with van der Waals surface area (Å²) in [7, 11) is 0. The fourth-order valence-electron chi connectivity index (χ4n) is 9.18. The Hall–Kier alpha value is -8.75. The van der Waals surface area contributed by atoms with E-state index < -0.39 is 0 Å². The third kappa shape index (κ3) is 8.24. The predicted octanol–water partition coefficient (Wildman–Crippen LogP) is 14.2. The molecule has 1 atom stereocenters. The minimum atomic E-state index is 0.257. The number of aliphatic imine (C=N–C) groups is 1. The van der Waals surface area contributed by atoms with Gasteiger partial charge in [0.25, 0.3) is 0 Å². The number of allylic oxidation sites excluding steroid dienone is 9. The third-order valence-electron chi connectivity index (χ3n) is 12.7.